The van der Waals surface area contributed by atoms with Gasteiger partial charge < -0.3 is 5.32 Å². The lowest BCUT2D eigenvalue weighted by molar-refractivity contribution is -0.115. The number of thioether (sulfide) groups is 1. The zero-order valence-corrected chi connectivity index (χ0v) is 14.3. The highest BCUT2D eigenvalue weighted by atomic mass is 35.5. The fourth-order valence-corrected chi connectivity index (χ4v) is 2.99. The molecule has 6 nitrogen and oxygen atoms in total. The molecule has 1 heterocycles. The molecule has 0 radical (unpaired) electrons. The molecule has 8 heteroatoms. The third-order valence-corrected chi connectivity index (χ3v) is 4.61. The van der Waals surface area contributed by atoms with E-state index in [1.165, 1.54) is 18.1 Å². The number of amides is 1. The summed E-state index contributed by atoms with van der Waals surface area (Å²) in [5.74, 6) is -0.0647. The molecule has 0 spiro atoms. The number of nitrogens with one attached hydrogen (secondary N) is 1. The van der Waals surface area contributed by atoms with Gasteiger partial charge in [-0.2, -0.15) is 0 Å². The van der Waals surface area contributed by atoms with E-state index in [0.29, 0.717) is 5.02 Å². The Morgan fingerprint density at radius 3 is 2.50 bits per heavy atom. The lowest BCUT2D eigenvalue weighted by Gasteiger charge is -2.12. The van der Waals surface area contributed by atoms with Crippen LogP contribution in [0.3, 0.4) is 0 Å². The smallest absolute Gasteiger partial charge is 0.237 e. The molecule has 0 saturated heterocycles. The normalized spacial score (nSPS) is 11.9. The quantitative estimate of drug-likeness (QED) is 0.706. The number of carbonyl (C=O) groups is 1. The maximum atomic E-state index is 12.3. The average molecular weight is 360 g/mol. The minimum Gasteiger partial charge on any atom is -0.325 e. The summed E-state index contributed by atoms with van der Waals surface area (Å²) in [4.78, 5) is 13.3. The summed E-state index contributed by atoms with van der Waals surface area (Å²) in [5, 5.41) is 14.3. The molecule has 1 aromatic heterocycles. The molecule has 122 valence electrons. The van der Waals surface area contributed by atoms with E-state index in [2.05, 4.69) is 20.8 Å². The third kappa shape index (κ3) is 4.12. The van der Waals surface area contributed by atoms with Crippen LogP contribution in [0.5, 0.6) is 0 Å². The second-order valence-electron chi connectivity index (χ2n) is 5.00. The second-order valence-corrected chi connectivity index (χ2v) is 6.86. The Bertz CT molecular complexity index is 805. The Balaban J connectivity index is 1.60. The second kappa shape index (κ2) is 7.46. The summed E-state index contributed by atoms with van der Waals surface area (Å²) < 4.78 is 1.55. The van der Waals surface area contributed by atoms with Crippen molar-refractivity contribution in [3.05, 3.63) is 59.9 Å². The highest BCUT2D eigenvalue weighted by Gasteiger charge is 2.14. The first-order valence-electron chi connectivity index (χ1n) is 7.18. The largest absolute Gasteiger partial charge is 0.325 e. The van der Waals surface area contributed by atoms with E-state index in [1.807, 2.05) is 55.5 Å². The summed E-state index contributed by atoms with van der Waals surface area (Å²) in [6.45, 7) is 1.87. The lowest BCUT2D eigenvalue weighted by atomic mass is 10.2. The van der Waals surface area contributed by atoms with E-state index in [4.69, 9.17) is 11.6 Å². The van der Waals surface area contributed by atoms with Gasteiger partial charge in [-0.1, -0.05) is 11.6 Å². The fourth-order valence-electron chi connectivity index (χ4n) is 1.99. The zero-order valence-electron chi connectivity index (χ0n) is 12.8. The molecule has 0 aliphatic heterocycles. The van der Waals surface area contributed by atoms with E-state index in [-0.39, 0.29) is 11.2 Å². The molecular formula is C16H14ClN5OS. The number of rotatable bonds is 5. The lowest BCUT2D eigenvalue weighted by Crippen LogP contribution is -2.22. The van der Waals surface area contributed by atoms with Crippen molar-refractivity contribution in [2.75, 3.05) is 5.32 Å². The standard InChI is InChI=1S/C16H14ClN5OS/c1-11(24-15-8-2-12(17)3-9-15)16(23)19-13-4-6-14(7-5-13)22-10-18-20-21-22/h2-11H,1H3,(H,19,23). The first-order chi connectivity index (χ1) is 11.6. The van der Waals surface area contributed by atoms with Crippen LogP contribution < -0.4 is 5.32 Å². The SMILES string of the molecule is CC(Sc1ccc(Cl)cc1)C(=O)Nc1ccc(-n2cnnn2)cc1. The Labute approximate surface area is 148 Å². The molecule has 0 aliphatic carbocycles. The van der Waals surface area contributed by atoms with Gasteiger partial charge in [0.15, 0.2) is 0 Å². The van der Waals surface area contributed by atoms with Gasteiger partial charge in [0.25, 0.3) is 0 Å². The number of halogens is 1. The minimum absolute atomic E-state index is 0.0647. The van der Waals surface area contributed by atoms with Crippen molar-refractivity contribution in [2.45, 2.75) is 17.1 Å². The fraction of sp³-hybridized carbons (Fsp3) is 0.125. The third-order valence-electron chi connectivity index (χ3n) is 3.24. The zero-order chi connectivity index (χ0) is 16.9. The van der Waals surface area contributed by atoms with Gasteiger partial charge in [-0.05, 0) is 65.9 Å². The highest BCUT2D eigenvalue weighted by molar-refractivity contribution is 8.00. The molecule has 0 aliphatic rings. The van der Waals surface area contributed by atoms with Gasteiger partial charge in [-0.15, -0.1) is 16.9 Å². The number of hydrogen-bond acceptors (Lipinski definition) is 5. The van der Waals surface area contributed by atoms with Gasteiger partial charge in [0.05, 0.1) is 10.9 Å². The molecule has 3 aromatic rings. The van der Waals surface area contributed by atoms with Gasteiger partial charge in [0.2, 0.25) is 5.91 Å². The van der Waals surface area contributed by atoms with Gasteiger partial charge in [0.1, 0.15) is 6.33 Å². The Kier molecular flexibility index (Phi) is 5.12. The first kappa shape index (κ1) is 16.5. The van der Waals surface area contributed by atoms with Gasteiger partial charge in [-0.25, -0.2) is 4.68 Å². The molecule has 0 fully saturated rings. The monoisotopic (exact) mass is 359 g/mol. The summed E-state index contributed by atoms with van der Waals surface area (Å²) in [7, 11) is 0. The first-order valence-corrected chi connectivity index (χ1v) is 8.44. The molecule has 1 atom stereocenters. The van der Waals surface area contributed by atoms with E-state index in [1.54, 1.807) is 4.68 Å². The van der Waals surface area contributed by atoms with Crippen molar-refractivity contribution in [3.8, 4) is 5.69 Å². The van der Waals surface area contributed by atoms with Crippen molar-refractivity contribution >= 4 is 35.0 Å². The van der Waals surface area contributed by atoms with Gasteiger partial charge >= 0.3 is 0 Å². The number of anilines is 1. The van der Waals surface area contributed by atoms with Crippen LogP contribution >= 0.6 is 23.4 Å². The maximum Gasteiger partial charge on any atom is 0.237 e. The van der Waals surface area contributed by atoms with Crippen LogP contribution in [0.2, 0.25) is 5.02 Å². The van der Waals surface area contributed by atoms with Crippen molar-refractivity contribution in [2.24, 2.45) is 0 Å². The molecule has 24 heavy (non-hydrogen) atoms. The topological polar surface area (TPSA) is 72.7 Å². The molecular weight excluding hydrogens is 346 g/mol. The van der Waals surface area contributed by atoms with Crippen LogP contribution in [0.25, 0.3) is 5.69 Å². The molecule has 2 aromatic carbocycles. The Hall–Kier alpha value is -2.38. The molecule has 1 N–H and O–H groups in total. The van der Waals surface area contributed by atoms with Crippen molar-refractivity contribution in [3.63, 3.8) is 0 Å². The van der Waals surface area contributed by atoms with Crippen LogP contribution in [-0.4, -0.2) is 31.4 Å². The highest BCUT2D eigenvalue weighted by Crippen LogP contribution is 2.25. The van der Waals surface area contributed by atoms with Crippen molar-refractivity contribution in [1.29, 1.82) is 0 Å². The van der Waals surface area contributed by atoms with Crippen LogP contribution in [-0.2, 0) is 4.79 Å². The van der Waals surface area contributed by atoms with Crippen LogP contribution in [0.1, 0.15) is 6.92 Å². The summed E-state index contributed by atoms with van der Waals surface area (Å²) in [6.07, 6.45) is 1.51. The number of nitrogens with zero attached hydrogens (tertiary/aromatic N) is 4. The average Bonchev–Trinajstić information content (AvgIpc) is 3.12. The number of aromatic nitrogens is 4. The molecule has 1 amide bonds. The van der Waals surface area contributed by atoms with Crippen LogP contribution in [0, 0.1) is 0 Å². The summed E-state index contributed by atoms with van der Waals surface area (Å²) in [6, 6.07) is 14.7. The Morgan fingerprint density at radius 1 is 1.17 bits per heavy atom. The van der Waals surface area contributed by atoms with E-state index >= 15 is 0 Å². The maximum absolute atomic E-state index is 12.3. The predicted octanol–water partition coefficient (Wildman–Crippen LogP) is 3.44. The minimum atomic E-state index is -0.231. The summed E-state index contributed by atoms with van der Waals surface area (Å²) >= 11 is 7.34. The van der Waals surface area contributed by atoms with E-state index in [0.717, 1.165) is 16.3 Å². The van der Waals surface area contributed by atoms with Crippen LogP contribution in [0.15, 0.2) is 59.8 Å². The Morgan fingerprint density at radius 2 is 1.88 bits per heavy atom. The molecule has 0 bridgehead atoms. The number of hydrogen-bond donors (Lipinski definition) is 1. The van der Waals surface area contributed by atoms with Gasteiger partial charge in [0, 0.05) is 15.6 Å². The number of tetrazole rings is 1. The molecule has 0 saturated carbocycles. The van der Waals surface area contributed by atoms with Crippen molar-refractivity contribution < 1.29 is 4.79 Å². The molecule has 3 rings (SSSR count). The predicted molar refractivity (Wildman–Crippen MR) is 94.6 cm³/mol. The number of carbonyl (C=O) groups excluding carboxylic acids is 1. The number of benzene rings is 2. The summed E-state index contributed by atoms with van der Waals surface area (Å²) in [5.41, 5.74) is 1.54. The van der Waals surface area contributed by atoms with E-state index in [9.17, 15) is 4.79 Å². The van der Waals surface area contributed by atoms with Gasteiger partial charge in [-0.3, -0.25) is 4.79 Å². The molecule has 1 unspecified atom stereocenters. The van der Waals surface area contributed by atoms with Crippen molar-refractivity contribution in [1.82, 2.24) is 20.2 Å². The van der Waals surface area contributed by atoms with E-state index < -0.39 is 0 Å². The van der Waals surface area contributed by atoms with Crippen LogP contribution in [0.4, 0.5) is 5.69 Å².